The van der Waals surface area contributed by atoms with Crippen LogP contribution in [0.25, 0.3) is 0 Å². The van der Waals surface area contributed by atoms with Crippen LogP contribution in [0.15, 0.2) is 77.7 Å². The van der Waals surface area contributed by atoms with E-state index in [2.05, 4.69) is 17.4 Å². The van der Waals surface area contributed by atoms with E-state index in [4.69, 9.17) is 4.74 Å². The maximum Gasteiger partial charge on any atom is 0.264 e. The summed E-state index contributed by atoms with van der Waals surface area (Å²) in [6.07, 6.45) is 3.32. The molecule has 0 spiro atoms. The standard InChI is InChI=1S/C26H28N2O4S/c1-19(21-15-14-20-8-6-9-22(20)16-21)27-26(29)18-28(23-10-7-11-24(17-23)32-2)33(30,31)25-12-4-3-5-13-25/h3-5,7,10-17,19H,6,8-9,18H2,1-2H3,(H,27,29)/t19-/m1/s1. The number of hydrogen-bond donors (Lipinski definition) is 1. The quantitative estimate of drug-likeness (QED) is 0.541. The van der Waals surface area contributed by atoms with Crippen molar-refractivity contribution in [3.05, 3.63) is 89.5 Å². The van der Waals surface area contributed by atoms with Gasteiger partial charge < -0.3 is 10.1 Å². The summed E-state index contributed by atoms with van der Waals surface area (Å²) < 4.78 is 33.3. The molecule has 1 N–H and O–H groups in total. The van der Waals surface area contributed by atoms with Crippen LogP contribution < -0.4 is 14.4 Å². The monoisotopic (exact) mass is 464 g/mol. The van der Waals surface area contributed by atoms with Crippen LogP contribution in [0, 0.1) is 0 Å². The molecule has 172 valence electrons. The van der Waals surface area contributed by atoms with Crippen molar-refractivity contribution in [2.45, 2.75) is 37.1 Å². The summed E-state index contributed by atoms with van der Waals surface area (Å²) in [5, 5.41) is 2.96. The highest BCUT2D eigenvalue weighted by atomic mass is 32.2. The first-order valence-electron chi connectivity index (χ1n) is 11.0. The third-order valence-electron chi connectivity index (χ3n) is 5.96. The van der Waals surface area contributed by atoms with Gasteiger partial charge in [0.15, 0.2) is 0 Å². The van der Waals surface area contributed by atoms with Crippen LogP contribution in [0.3, 0.4) is 0 Å². The fourth-order valence-electron chi connectivity index (χ4n) is 4.16. The zero-order valence-electron chi connectivity index (χ0n) is 18.8. The van der Waals surface area contributed by atoms with Crippen LogP contribution in [0.4, 0.5) is 5.69 Å². The van der Waals surface area contributed by atoms with Gasteiger partial charge >= 0.3 is 0 Å². The van der Waals surface area contributed by atoms with Crippen molar-refractivity contribution in [2.75, 3.05) is 18.0 Å². The highest BCUT2D eigenvalue weighted by Gasteiger charge is 2.28. The van der Waals surface area contributed by atoms with Crippen molar-refractivity contribution in [2.24, 2.45) is 0 Å². The van der Waals surface area contributed by atoms with E-state index in [0.29, 0.717) is 11.4 Å². The van der Waals surface area contributed by atoms with E-state index in [-0.39, 0.29) is 23.4 Å². The van der Waals surface area contributed by atoms with Crippen molar-refractivity contribution >= 4 is 21.6 Å². The minimum absolute atomic E-state index is 0.118. The van der Waals surface area contributed by atoms with Crippen LogP contribution in [-0.2, 0) is 27.7 Å². The molecule has 0 saturated carbocycles. The molecule has 0 saturated heterocycles. The van der Waals surface area contributed by atoms with Gasteiger partial charge in [-0.1, -0.05) is 42.5 Å². The van der Waals surface area contributed by atoms with Crippen molar-refractivity contribution in [3.63, 3.8) is 0 Å². The maximum absolute atomic E-state index is 13.5. The molecule has 1 amide bonds. The molecule has 0 bridgehead atoms. The normalized spacial score (nSPS) is 13.8. The van der Waals surface area contributed by atoms with E-state index in [1.165, 1.54) is 30.4 Å². The predicted octanol–water partition coefficient (Wildman–Crippen LogP) is 4.26. The Labute approximate surface area is 195 Å². The lowest BCUT2D eigenvalue weighted by molar-refractivity contribution is -0.120. The zero-order chi connectivity index (χ0) is 23.4. The molecule has 1 aliphatic carbocycles. The summed E-state index contributed by atoms with van der Waals surface area (Å²) >= 11 is 0. The van der Waals surface area contributed by atoms with Gasteiger partial charge in [0.1, 0.15) is 12.3 Å². The smallest absolute Gasteiger partial charge is 0.264 e. The van der Waals surface area contributed by atoms with Crippen LogP contribution in [0.5, 0.6) is 5.75 Å². The topological polar surface area (TPSA) is 75.7 Å². The second-order valence-corrected chi connectivity index (χ2v) is 10.1. The van der Waals surface area contributed by atoms with E-state index < -0.39 is 10.0 Å². The third-order valence-corrected chi connectivity index (χ3v) is 7.75. The molecule has 0 fully saturated rings. The maximum atomic E-state index is 13.5. The van der Waals surface area contributed by atoms with Gasteiger partial charge in [-0.3, -0.25) is 9.10 Å². The van der Waals surface area contributed by atoms with E-state index >= 15 is 0 Å². The Bertz CT molecular complexity index is 1240. The van der Waals surface area contributed by atoms with E-state index in [0.717, 1.165) is 29.1 Å². The van der Waals surface area contributed by atoms with Gasteiger partial charge in [-0.2, -0.15) is 0 Å². The Kier molecular flexibility index (Phi) is 6.70. The number of hydrogen-bond acceptors (Lipinski definition) is 4. The highest BCUT2D eigenvalue weighted by molar-refractivity contribution is 7.92. The average molecular weight is 465 g/mol. The number of nitrogens with one attached hydrogen (secondary N) is 1. The molecule has 0 radical (unpaired) electrons. The third kappa shape index (κ3) is 5.03. The molecule has 1 atom stereocenters. The summed E-state index contributed by atoms with van der Waals surface area (Å²) in [6.45, 7) is 1.57. The Hall–Kier alpha value is -3.32. The molecule has 7 heteroatoms. The summed E-state index contributed by atoms with van der Waals surface area (Å²) in [6, 6.07) is 20.9. The number of amides is 1. The summed E-state index contributed by atoms with van der Waals surface area (Å²) in [5.74, 6) is 0.123. The number of carbonyl (C=O) groups is 1. The number of ether oxygens (including phenoxy) is 1. The molecule has 1 aliphatic rings. The van der Waals surface area contributed by atoms with E-state index in [9.17, 15) is 13.2 Å². The second kappa shape index (κ2) is 9.67. The van der Waals surface area contributed by atoms with Gasteiger partial charge in [0.2, 0.25) is 5.91 Å². The Morgan fingerprint density at radius 1 is 1.00 bits per heavy atom. The van der Waals surface area contributed by atoms with Crippen molar-refractivity contribution in [1.82, 2.24) is 5.32 Å². The highest BCUT2D eigenvalue weighted by Crippen LogP contribution is 2.28. The second-order valence-electron chi connectivity index (χ2n) is 8.20. The predicted molar refractivity (Wildman–Crippen MR) is 129 cm³/mol. The van der Waals surface area contributed by atoms with Crippen molar-refractivity contribution in [3.8, 4) is 5.75 Å². The van der Waals surface area contributed by atoms with Gasteiger partial charge in [-0.05, 0) is 67.1 Å². The number of fused-ring (bicyclic) bond motifs is 1. The number of benzene rings is 3. The van der Waals surface area contributed by atoms with E-state index in [1.807, 2.05) is 13.0 Å². The number of carbonyl (C=O) groups excluding carboxylic acids is 1. The number of methoxy groups -OCH3 is 1. The van der Waals surface area contributed by atoms with Crippen LogP contribution in [-0.4, -0.2) is 28.0 Å². The molecule has 6 nitrogen and oxygen atoms in total. The van der Waals surface area contributed by atoms with Crippen LogP contribution in [0.2, 0.25) is 0 Å². The largest absolute Gasteiger partial charge is 0.497 e. The number of sulfonamides is 1. The lowest BCUT2D eigenvalue weighted by Gasteiger charge is -2.25. The summed E-state index contributed by atoms with van der Waals surface area (Å²) in [7, 11) is -2.45. The molecule has 0 unspecified atom stereocenters. The average Bonchev–Trinajstić information content (AvgIpc) is 3.31. The molecular weight excluding hydrogens is 436 g/mol. The van der Waals surface area contributed by atoms with Crippen molar-refractivity contribution in [1.29, 1.82) is 0 Å². The molecular formula is C26H28N2O4S. The lowest BCUT2D eigenvalue weighted by Crippen LogP contribution is -2.41. The van der Waals surface area contributed by atoms with Gasteiger partial charge in [0.25, 0.3) is 10.0 Å². The first kappa shape index (κ1) is 22.9. The minimum atomic E-state index is -3.97. The Morgan fingerprint density at radius 3 is 2.52 bits per heavy atom. The fourth-order valence-corrected chi connectivity index (χ4v) is 5.60. The zero-order valence-corrected chi connectivity index (χ0v) is 19.6. The lowest BCUT2D eigenvalue weighted by atomic mass is 10.0. The van der Waals surface area contributed by atoms with Crippen molar-refractivity contribution < 1.29 is 17.9 Å². The summed E-state index contributed by atoms with van der Waals surface area (Å²) in [4.78, 5) is 13.1. The molecule has 4 rings (SSSR count). The van der Waals surface area contributed by atoms with Crippen LogP contribution >= 0.6 is 0 Å². The molecule has 0 aromatic heterocycles. The Morgan fingerprint density at radius 2 is 1.76 bits per heavy atom. The summed E-state index contributed by atoms with van der Waals surface area (Å²) in [5.41, 5.74) is 4.08. The van der Waals surface area contributed by atoms with Gasteiger partial charge in [-0.25, -0.2) is 8.42 Å². The van der Waals surface area contributed by atoms with E-state index in [1.54, 1.807) is 42.5 Å². The van der Waals surface area contributed by atoms with Crippen LogP contribution in [0.1, 0.15) is 36.1 Å². The SMILES string of the molecule is COc1cccc(N(CC(=O)N[C@H](C)c2ccc3c(c2)CCC3)S(=O)(=O)c2ccccc2)c1. The Balaban J connectivity index is 1.59. The molecule has 3 aromatic rings. The first-order chi connectivity index (χ1) is 15.9. The number of aryl methyl sites for hydroxylation is 2. The molecule has 0 aliphatic heterocycles. The molecule has 3 aromatic carbocycles. The van der Waals surface area contributed by atoms with Gasteiger partial charge in [0.05, 0.1) is 23.7 Å². The minimum Gasteiger partial charge on any atom is -0.497 e. The molecule has 0 heterocycles. The fraction of sp³-hybridized carbons (Fsp3) is 0.269. The number of anilines is 1. The van der Waals surface area contributed by atoms with Gasteiger partial charge in [-0.15, -0.1) is 0 Å². The first-order valence-corrected chi connectivity index (χ1v) is 12.5. The number of rotatable bonds is 8. The van der Waals surface area contributed by atoms with Gasteiger partial charge in [0, 0.05) is 6.07 Å². The number of nitrogens with zero attached hydrogens (tertiary/aromatic N) is 1. The molecule has 33 heavy (non-hydrogen) atoms.